The molecule has 0 aromatic carbocycles. The molecule has 0 radical (unpaired) electrons. The van der Waals surface area contributed by atoms with Crippen LogP contribution in [-0.2, 0) is 14.8 Å². The molecule has 0 aromatic rings. The predicted molar refractivity (Wildman–Crippen MR) is 59.3 cm³/mol. The Bertz CT molecular complexity index is 261. The van der Waals surface area contributed by atoms with E-state index in [0.717, 1.165) is 19.4 Å². The molecule has 15 heavy (non-hydrogen) atoms. The van der Waals surface area contributed by atoms with E-state index in [1.54, 1.807) is 0 Å². The molecule has 1 N–H and O–H groups in total. The number of unbranched alkanes of at least 4 members (excludes halogenated alkanes) is 1. The number of hydrogen-bond donors (Lipinski definition) is 1. The van der Waals surface area contributed by atoms with Crippen molar-refractivity contribution in [3.8, 4) is 0 Å². The molecule has 0 amide bonds. The van der Waals surface area contributed by atoms with Crippen LogP contribution in [0.5, 0.6) is 0 Å². The number of morpholine rings is 1. The predicted octanol–water partition coefficient (Wildman–Crippen LogP) is -0.352. The minimum absolute atomic E-state index is 0.259. The molecule has 1 aliphatic rings. The highest BCUT2D eigenvalue weighted by atomic mass is 32.2. The topological polar surface area (TPSA) is 58.6 Å². The highest BCUT2D eigenvalue weighted by Crippen LogP contribution is 2.07. The van der Waals surface area contributed by atoms with Crippen molar-refractivity contribution >= 4 is 10.0 Å². The number of hydrogen-bond acceptors (Lipinski definition) is 4. The second kappa shape index (κ2) is 6.42. The number of sulfonamides is 1. The molecule has 6 heteroatoms. The van der Waals surface area contributed by atoms with Crippen LogP contribution in [0, 0.1) is 0 Å². The normalized spacial score (nSPS) is 19.3. The first-order valence-electron chi connectivity index (χ1n) is 5.37. The molecule has 1 aliphatic heterocycles. The molecule has 1 heterocycles. The molecule has 1 fully saturated rings. The first kappa shape index (κ1) is 12.9. The van der Waals surface area contributed by atoms with Crippen LogP contribution in [-0.4, -0.2) is 58.4 Å². The molecule has 90 valence electrons. The zero-order valence-electron chi connectivity index (χ0n) is 9.24. The minimum Gasteiger partial charge on any atom is -0.379 e. The van der Waals surface area contributed by atoms with Crippen molar-refractivity contribution in [3.63, 3.8) is 0 Å². The third-order valence-corrected chi connectivity index (χ3v) is 4.40. The van der Waals surface area contributed by atoms with E-state index in [1.807, 2.05) is 7.05 Å². The molecule has 0 aromatic heterocycles. The average molecular weight is 236 g/mol. The Kier molecular flexibility index (Phi) is 5.52. The first-order valence-corrected chi connectivity index (χ1v) is 6.98. The van der Waals surface area contributed by atoms with E-state index in [-0.39, 0.29) is 5.75 Å². The van der Waals surface area contributed by atoms with E-state index in [9.17, 15) is 8.42 Å². The van der Waals surface area contributed by atoms with Gasteiger partial charge in [0.1, 0.15) is 0 Å². The number of nitrogens with zero attached hydrogens (tertiary/aromatic N) is 1. The molecular formula is C9H20N2O3S. The van der Waals surface area contributed by atoms with E-state index < -0.39 is 10.0 Å². The Morgan fingerprint density at radius 1 is 1.27 bits per heavy atom. The summed E-state index contributed by atoms with van der Waals surface area (Å²) in [6.45, 7) is 2.94. The fourth-order valence-electron chi connectivity index (χ4n) is 1.54. The van der Waals surface area contributed by atoms with Gasteiger partial charge in [-0.05, 0) is 26.4 Å². The zero-order valence-corrected chi connectivity index (χ0v) is 10.1. The molecule has 0 spiro atoms. The molecule has 0 aliphatic carbocycles. The quantitative estimate of drug-likeness (QED) is 0.640. The Morgan fingerprint density at radius 2 is 1.93 bits per heavy atom. The summed E-state index contributed by atoms with van der Waals surface area (Å²) in [5, 5.41) is 3.01. The van der Waals surface area contributed by atoms with Gasteiger partial charge in [0.2, 0.25) is 10.0 Å². The number of ether oxygens (including phenoxy) is 1. The molecule has 1 saturated heterocycles. The lowest BCUT2D eigenvalue weighted by Crippen LogP contribution is -2.41. The van der Waals surface area contributed by atoms with Gasteiger partial charge in [0, 0.05) is 13.1 Å². The standard InChI is InChI=1S/C9H20N2O3S/c1-10-4-2-3-9-15(12,13)11-5-7-14-8-6-11/h10H,2-9H2,1H3. The largest absolute Gasteiger partial charge is 0.379 e. The maximum absolute atomic E-state index is 11.8. The van der Waals surface area contributed by atoms with Crippen molar-refractivity contribution < 1.29 is 13.2 Å². The van der Waals surface area contributed by atoms with Crippen molar-refractivity contribution in [1.82, 2.24) is 9.62 Å². The van der Waals surface area contributed by atoms with Crippen molar-refractivity contribution in [1.29, 1.82) is 0 Å². The smallest absolute Gasteiger partial charge is 0.214 e. The van der Waals surface area contributed by atoms with Gasteiger partial charge in [0.15, 0.2) is 0 Å². The van der Waals surface area contributed by atoms with Gasteiger partial charge in [-0.15, -0.1) is 0 Å². The van der Waals surface area contributed by atoms with Gasteiger partial charge >= 0.3 is 0 Å². The molecule has 5 nitrogen and oxygen atoms in total. The summed E-state index contributed by atoms with van der Waals surface area (Å²) in [5.41, 5.74) is 0. The molecule has 0 atom stereocenters. The lowest BCUT2D eigenvalue weighted by molar-refractivity contribution is 0.0730. The summed E-state index contributed by atoms with van der Waals surface area (Å²) in [4.78, 5) is 0. The van der Waals surface area contributed by atoms with Crippen molar-refractivity contribution in [2.45, 2.75) is 12.8 Å². The van der Waals surface area contributed by atoms with Crippen LogP contribution in [0.2, 0.25) is 0 Å². The zero-order chi connectivity index (χ0) is 11.1. The monoisotopic (exact) mass is 236 g/mol. The van der Waals surface area contributed by atoms with Crippen LogP contribution < -0.4 is 5.32 Å². The van der Waals surface area contributed by atoms with Crippen LogP contribution in [0.15, 0.2) is 0 Å². The second-order valence-corrected chi connectivity index (χ2v) is 5.73. The van der Waals surface area contributed by atoms with E-state index in [0.29, 0.717) is 26.3 Å². The van der Waals surface area contributed by atoms with E-state index in [4.69, 9.17) is 4.74 Å². The van der Waals surface area contributed by atoms with E-state index >= 15 is 0 Å². The van der Waals surface area contributed by atoms with E-state index in [1.165, 1.54) is 4.31 Å². The third-order valence-electron chi connectivity index (χ3n) is 2.44. The van der Waals surface area contributed by atoms with Gasteiger partial charge in [-0.3, -0.25) is 0 Å². The van der Waals surface area contributed by atoms with Crippen molar-refractivity contribution in [2.24, 2.45) is 0 Å². The average Bonchev–Trinajstić information content (AvgIpc) is 2.26. The fourth-order valence-corrected chi connectivity index (χ4v) is 3.07. The Morgan fingerprint density at radius 3 is 2.53 bits per heavy atom. The third kappa shape index (κ3) is 4.46. The van der Waals surface area contributed by atoms with Crippen LogP contribution in [0.25, 0.3) is 0 Å². The minimum atomic E-state index is -3.04. The first-order chi connectivity index (χ1) is 7.17. The summed E-state index contributed by atoms with van der Waals surface area (Å²) < 4.78 is 30.3. The SMILES string of the molecule is CNCCCCS(=O)(=O)N1CCOCC1. The maximum Gasteiger partial charge on any atom is 0.214 e. The Labute approximate surface area is 91.8 Å². The molecule has 0 unspecified atom stereocenters. The van der Waals surface area contributed by atoms with Gasteiger partial charge in [-0.25, -0.2) is 8.42 Å². The lowest BCUT2D eigenvalue weighted by atomic mass is 10.3. The summed E-state index contributed by atoms with van der Waals surface area (Å²) in [6.07, 6.45) is 1.63. The lowest BCUT2D eigenvalue weighted by Gasteiger charge is -2.25. The fraction of sp³-hybridized carbons (Fsp3) is 1.00. The van der Waals surface area contributed by atoms with Gasteiger partial charge in [0.05, 0.1) is 19.0 Å². The van der Waals surface area contributed by atoms with Crippen molar-refractivity contribution in [2.75, 3.05) is 45.6 Å². The van der Waals surface area contributed by atoms with Crippen LogP contribution >= 0.6 is 0 Å². The summed E-state index contributed by atoms with van der Waals surface area (Å²) in [6, 6.07) is 0. The van der Waals surface area contributed by atoms with Crippen LogP contribution in [0.4, 0.5) is 0 Å². The van der Waals surface area contributed by atoms with Gasteiger partial charge in [0.25, 0.3) is 0 Å². The Hall–Kier alpha value is -0.170. The Balaban J connectivity index is 2.30. The van der Waals surface area contributed by atoms with E-state index in [2.05, 4.69) is 5.32 Å². The molecule has 0 saturated carbocycles. The van der Waals surface area contributed by atoms with Gasteiger partial charge < -0.3 is 10.1 Å². The number of nitrogens with one attached hydrogen (secondary N) is 1. The van der Waals surface area contributed by atoms with Crippen LogP contribution in [0.3, 0.4) is 0 Å². The van der Waals surface area contributed by atoms with Gasteiger partial charge in [-0.2, -0.15) is 4.31 Å². The molecule has 1 rings (SSSR count). The molecule has 0 bridgehead atoms. The summed E-state index contributed by atoms with van der Waals surface area (Å²) >= 11 is 0. The summed E-state index contributed by atoms with van der Waals surface area (Å²) in [7, 11) is -1.17. The van der Waals surface area contributed by atoms with Crippen molar-refractivity contribution in [3.05, 3.63) is 0 Å². The van der Waals surface area contributed by atoms with Crippen LogP contribution in [0.1, 0.15) is 12.8 Å². The summed E-state index contributed by atoms with van der Waals surface area (Å²) in [5.74, 6) is 0.259. The highest BCUT2D eigenvalue weighted by Gasteiger charge is 2.23. The number of rotatable bonds is 6. The maximum atomic E-state index is 11.8. The highest BCUT2D eigenvalue weighted by molar-refractivity contribution is 7.89. The molecular weight excluding hydrogens is 216 g/mol. The van der Waals surface area contributed by atoms with Gasteiger partial charge in [-0.1, -0.05) is 0 Å². The second-order valence-electron chi connectivity index (χ2n) is 3.64.